The van der Waals surface area contributed by atoms with E-state index in [9.17, 15) is 19.2 Å². The molecular weight excluding hydrogens is 625 g/mol. The van der Waals surface area contributed by atoms with Crippen molar-refractivity contribution >= 4 is 68.3 Å². The van der Waals surface area contributed by atoms with Crippen LogP contribution in [0.5, 0.6) is 0 Å². The Labute approximate surface area is 276 Å². The Kier molecular flexibility index (Phi) is 28.2. The summed E-state index contributed by atoms with van der Waals surface area (Å²) in [5.41, 5.74) is 2.28. The number of allylic oxidation sites excluding steroid dienone is 1. The molecule has 0 aliphatic heterocycles. The average Bonchev–Trinajstić information content (AvgIpc) is 3.01. The Morgan fingerprint density at radius 1 is 0.721 bits per heavy atom. The largest absolute Gasteiger partial charge is 0.352 e. The first kappa shape index (κ1) is 42.7. The van der Waals surface area contributed by atoms with Crippen molar-refractivity contribution in [3.8, 4) is 0 Å². The van der Waals surface area contributed by atoms with Crippen molar-refractivity contribution in [2.75, 3.05) is 44.2 Å². The molecule has 0 aliphatic rings. The van der Waals surface area contributed by atoms with E-state index in [0.29, 0.717) is 41.3 Å². The molecular formula is C32H45Cl2N3O4S2. The molecule has 0 unspecified atom stereocenters. The Hall–Kier alpha value is -2.40. The topological polar surface area (TPSA) is 95.6 Å². The minimum atomic E-state index is -0.463. The second kappa shape index (κ2) is 28.4. The van der Waals surface area contributed by atoms with Crippen LogP contribution in [0, 0.1) is 0 Å². The van der Waals surface area contributed by atoms with E-state index in [-0.39, 0.29) is 16.1 Å². The van der Waals surface area contributed by atoms with E-state index in [2.05, 4.69) is 49.0 Å². The molecule has 7 nitrogen and oxygen atoms in total. The van der Waals surface area contributed by atoms with E-state index in [1.54, 1.807) is 26.0 Å². The van der Waals surface area contributed by atoms with Gasteiger partial charge in [-0.05, 0) is 56.9 Å². The fourth-order valence-corrected chi connectivity index (χ4v) is 4.22. The van der Waals surface area contributed by atoms with Gasteiger partial charge in [-0.3, -0.25) is 19.2 Å². The highest BCUT2D eigenvalue weighted by Gasteiger charge is 2.06. The van der Waals surface area contributed by atoms with Crippen LogP contribution in [0.4, 0.5) is 0 Å². The van der Waals surface area contributed by atoms with Crippen molar-refractivity contribution in [3.63, 3.8) is 0 Å². The van der Waals surface area contributed by atoms with Crippen molar-refractivity contribution in [1.29, 1.82) is 0 Å². The van der Waals surface area contributed by atoms with Gasteiger partial charge in [0.25, 0.3) is 0 Å². The third kappa shape index (κ3) is 24.7. The van der Waals surface area contributed by atoms with E-state index >= 15 is 0 Å². The highest BCUT2D eigenvalue weighted by atomic mass is 35.5. The normalized spacial score (nSPS) is 9.58. The van der Waals surface area contributed by atoms with E-state index < -0.39 is 5.24 Å². The van der Waals surface area contributed by atoms with Gasteiger partial charge < -0.3 is 10.2 Å². The fourth-order valence-electron chi connectivity index (χ4n) is 2.63. The van der Waals surface area contributed by atoms with Crippen molar-refractivity contribution in [1.82, 2.24) is 15.1 Å². The summed E-state index contributed by atoms with van der Waals surface area (Å²) in [5, 5.41) is 2.33. The summed E-state index contributed by atoms with van der Waals surface area (Å²) in [7, 11) is 0. The van der Waals surface area contributed by atoms with Gasteiger partial charge in [0.1, 0.15) is 0 Å². The Morgan fingerprint density at radius 2 is 1.09 bits per heavy atom. The Morgan fingerprint density at radius 3 is 1.37 bits per heavy atom. The fraction of sp³-hybridized carbons (Fsp3) is 0.375. The van der Waals surface area contributed by atoms with Gasteiger partial charge in [-0.2, -0.15) is 0 Å². The van der Waals surface area contributed by atoms with Crippen LogP contribution in [0.2, 0.25) is 0 Å². The lowest BCUT2D eigenvalue weighted by Crippen LogP contribution is -2.26. The molecule has 11 heteroatoms. The lowest BCUT2D eigenvalue weighted by molar-refractivity contribution is -0.117. The quantitative estimate of drug-likeness (QED) is 0.0998. The number of nitrogens with one attached hydrogen (secondary N) is 2. The van der Waals surface area contributed by atoms with E-state index in [0.717, 1.165) is 5.56 Å². The first-order valence-electron chi connectivity index (χ1n) is 13.7. The van der Waals surface area contributed by atoms with Crippen LogP contribution in [0.3, 0.4) is 0 Å². The molecule has 0 fully saturated rings. The van der Waals surface area contributed by atoms with E-state index in [1.165, 1.54) is 43.2 Å². The highest BCUT2D eigenvalue weighted by Crippen LogP contribution is 2.12. The number of nitrogens with zero attached hydrogens (tertiary/aromatic N) is 1. The molecule has 0 aromatic heterocycles. The number of rotatable bonds is 13. The molecule has 0 radical (unpaired) electrons. The molecule has 2 N–H and O–H groups in total. The van der Waals surface area contributed by atoms with Gasteiger partial charge in [0.05, 0.1) is 0 Å². The predicted octanol–water partition coefficient (Wildman–Crippen LogP) is 7.23. The maximum atomic E-state index is 11.7. The summed E-state index contributed by atoms with van der Waals surface area (Å²) < 4.78 is 0. The molecule has 1 amide bonds. The second-order valence-electron chi connectivity index (χ2n) is 8.60. The first-order chi connectivity index (χ1) is 20.4. The third-order valence-corrected chi connectivity index (χ3v) is 7.46. The van der Waals surface area contributed by atoms with Gasteiger partial charge in [0, 0.05) is 46.9 Å². The molecule has 0 saturated heterocycles. The lowest BCUT2D eigenvalue weighted by atomic mass is 10.2. The zero-order valence-electron chi connectivity index (χ0n) is 25.8. The molecule has 0 bridgehead atoms. The number of carbonyl (C=O) groups excluding carboxylic acids is 4. The van der Waals surface area contributed by atoms with Gasteiger partial charge in [-0.15, -0.1) is 0 Å². The number of benzene rings is 2. The molecule has 2 rings (SSSR count). The van der Waals surface area contributed by atoms with Crippen LogP contribution < -0.4 is 10.2 Å². The van der Waals surface area contributed by atoms with Crippen LogP contribution in [0.25, 0.3) is 0 Å². The second-order valence-corrected chi connectivity index (χ2v) is 11.3. The summed E-state index contributed by atoms with van der Waals surface area (Å²) in [6.45, 7) is 21.2. The standard InChI is InChI=1S/C13H15NO2S.C9H10ClNOS.C6H15N.C4H5ClO/c1-10(2)12(15)14-8-9-17-13(16)11-6-4-3-5-7-11;10-11-6-7-13-9(12)8-4-2-1-3-5-8;1-4-7(5-2)6-3;1-3(2)4(5)6/h3-7H,1,8-9H2,2H3,(H,14,15);1-5,11H,6-7H2;4-6H2,1-3H3;1H2,2H3. The van der Waals surface area contributed by atoms with Gasteiger partial charge in [0.15, 0.2) is 0 Å². The number of halogens is 2. The number of hydrogen-bond donors (Lipinski definition) is 2. The van der Waals surface area contributed by atoms with E-state index in [4.69, 9.17) is 23.4 Å². The summed E-state index contributed by atoms with van der Waals surface area (Å²) in [5.74, 6) is 1.09. The molecule has 0 spiro atoms. The monoisotopic (exact) mass is 669 g/mol. The maximum Gasteiger partial charge on any atom is 0.247 e. The minimum Gasteiger partial charge on any atom is -0.352 e. The number of hydrogen-bond acceptors (Lipinski definition) is 8. The van der Waals surface area contributed by atoms with Crippen molar-refractivity contribution < 1.29 is 19.2 Å². The van der Waals surface area contributed by atoms with Crippen LogP contribution in [-0.4, -0.2) is 70.5 Å². The van der Waals surface area contributed by atoms with Gasteiger partial charge in [-0.1, -0.05) is 118 Å². The molecule has 2 aromatic rings. The molecule has 43 heavy (non-hydrogen) atoms. The smallest absolute Gasteiger partial charge is 0.247 e. The van der Waals surface area contributed by atoms with Crippen LogP contribution in [-0.2, 0) is 9.59 Å². The van der Waals surface area contributed by atoms with Gasteiger partial charge >= 0.3 is 0 Å². The number of thioether (sulfide) groups is 2. The van der Waals surface area contributed by atoms with Crippen molar-refractivity contribution in [3.05, 3.63) is 96.1 Å². The number of carbonyl (C=O) groups is 4. The maximum absolute atomic E-state index is 11.7. The molecule has 0 atom stereocenters. The van der Waals surface area contributed by atoms with Crippen LogP contribution >= 0.6 is 46.9 Å². The predicted molar refractivity (Wildman–Crippen MR) is 187 cm³/mol. The lowest BCUT2D eigenvalue weighted by Gasteiger charge is -2.13. The van der Waals surface area contributed by atoms with Crippen molar-refractivity contribution in [2.45, 2.75) is 34.6 Å². The summed E-state index contributed by atoms with van der Waals surface area (Å²) >= 11 is 12.6. The number of amides is 1. The van der Waals surface area contributed by atoms with E-state index in [1.807, 2.05) is 48.5 Å². The average molecular weight is 671 g/mol. The molecule has 238 valence electrons. The molecule has 0 heterocycles. The third-order valence-electron chi connectivity index (χ3n) is 5.13. The van der Waals surface area contributed by atoms with Gasteiger partial charge in [-0.25, -0.2) is 4.84 Å². The molecule has 2 aromatic carbocycles. The zero-order valence-corrected chi connectivity index (χ0v) is 28.9. The van der Waals surface area contributed by atoms with Crippen molar-refractivity contribution in [2.24, 2.45) is 0 Å². The van der Waals surface area contributed by atoms with Crippen LogP contribution in [0.15, 0.2) is 85.0 Å². The Balaban J connectivity index is 0. The van der Waals surface area contributed by atoms with Gasteiger partial charge in [0.2, 0.25) is 21.4 Å². The highest BCUT2D eigenvalue weighted by molar-refractivity contribution is 8.14. The molecule has 0 aliphatic carbocycles. The van der Waals surface area contributed by atoms with Crippen LogP contribution in [0.1, 0.15) is 55.3 Å². The Bertz CT molecular complexity index is 1080. The summed E-state index contributed by atoms with van der Waals surface area (Å²) in [6.07, 6.45) is 0. The first-order valence-corrected chi connectivity index (χ1v) is 16.5. The zero-order chi connectivity index (χ0) is 33.0. The SMILES string of the molecule is C=C(C)C(=O)Cl.C=C(C)C(=O)NCCSC(=O)c1ccccc1.CCN(CC)CC.O=C(SCCNCl)c1ccccc1. The minimum absolute atomic E-state index is 0.0233. The summed E-state index contributed by atoms with van der Waals surface area (Å²) in [6, 6.07) is 18.3. The molecule has 0 saturated carbocycles. The summed E-state index contributed by atoms with van der Waals surface area (Å²) in [4.78, 5) is 48.9.